The summed E-state index contributed by atoms with van der Waals surface area (Å²) in [5.74, 6) is 0.452. The molecule has 0 unspecified atom stereocenters. The van der Waals surface area contributed by atoms with E-state index in [0.717, 1.165) is 20.2 Å². The number of aromatic nitrogens is 2. The minimum absolute atomic E-state index is 0.238. The molecule has 0 fully saturated rings. The van der Waals surface area contributed by atoms with Gasteiger partial charge in [0, 0.05) is 15.0 Å². The molecule has 94 valence electrons. The second-order valence-electron chi connectivity index (χ2n) is 4.15. The van der Waals surface area contributed by atoms with Crippen LogP contribution in [0, 0.1) is 3.57 Å². The summed E-state index contributed by atoms with van der Waals surface area (Å²) < 4.78 is 1.11. The summed E-state index contributed by atoms with van der Waals surface area (Å²) in [4.78, 5) is 10.6. The van der Waals surface area contributed by atoms with Crippen molar-refractivity contribution in [1.29, 1.82) is 0 Å². The molecule has 0 saturated heterocycles. The van der Waals surface area contributed by atoms with Crippen molar-refractivity contribution in [3.8, 4) is 0 Å². The van der Waals surface area contributed by atoms with Crippen molar-refractivity contribution in [2.24, 2.45) is 0 Å². The molecule has 0 radical (unpaired) electrons. The van der Waals surface area contributed by atoms with Gasteiger partial charge < -0.3 is 10.6 Å². The normalized spacial score (nSPS) is 10.7. The molecule has 0 saturated carbocycles. The second-order valence-corrected chi connectivity index (χ2v) is 5.39. The summed E-state index contributed by atoms with van der Waals surface area (Å²) >= 11 is 2.25. The number of amides is 1. The molecule has 2 rings (SSSR count). The topological polar surface area (TPSA) is 66.9 Å². The van der Waals surface area contributed by atoms with E-state index in [-0.39, 0.29) is 6.04 Å². The molecule has 1 heterocycles. The van der Waals surface area contributed by atoms with Crippen molar-refractivity contribution in [2.75, 3.05) is 10.6 Å². The Hall–Kier alpha value is -1.44. The number of nitrogens with one attached hydrogen (secondary N) is 2. The molecule has 0 aliphatic heterocycles. The SMILES string of the molecule is CC(C)Nc1c(NC=O)nnc2ccc(I)cc12. The molecule has 6 heteroatoms. The van der Waals surface area contributed by atoms with Gasteiger partial charge in [-0.2, -0.15) is 0 Å². The predicted molar refractivity (Wildman–Crippen MR) is 80.7 cm³/mol. The van der Waals surface area contributed by atoms with Crippen LogP contribution in [0.4, 0.5) is 11.5 Å². The zero-order valence-electron chi connectivity index (χ0n) is 10.1. The first-order valence-corrected chi connectivity index (χ1v) is 6.62. The maximum atomic E-state index is 10.6. The van der Waals surface area contributed by atoms with E-state index in [0.29, 0.717) is 12.2 Å². The number of halogens is 1. The van der Waals surface area contributed by atoms with Crippen LogP contribution < -0.4 is 10.6 Å². The molecule has 0 atom stereocenters. The van der Waals surface area contributed by atoms with E-state index in [1.807, 2.05) is 32.0 Å². The first-order chi connectivity index (χ1) is 8.61. The van der Waals surface area contributed by atoms with Crippen molar-refractivity contribution < 1.29 is 4.79 Å². The van der Waals surface area contributed by atoms with Crippen LogP contribution in [0.2, 0.25) is 0 Å². The summed E-state index contributed by atoms with van der Waals surface area (Å²) in [6.07, 6.45) is 0.606. The number of hydrogen-bond donors (Lipinski definition) is 2. The molecule has 1 aromatic carbocycles. The molecule has 2 N–H and O–H groups in total. The van der Waals surface area contributed by atoms with Gasteiger partial charge in [0.05, 0.1) is 11.2 Å². The highest BCUT2D eigenvalue weighted by molar-refractivity contribution is 14.1. The number of benzene rings is 1. The van der Waals surface area contributed by atoms with Crippen LogP contribution in [0.3, 0.4) is 0 Å². The molecule has 2 aromatic rings. The van der Waals surface area contributed by atoms with E-state index in [1.54, 1.807) is 0 Å². The summed E-state index contributed by atoms with van der Waals surface area (Å²) in [7, 11) is 0. The monoisotopic (exact) mass is 356 g/mol. The predicted octanol–water partition coefficient (Wildman–Crippen LogP) is 2.62. The highest BCUT2D eigenvalue weighted by atomic mass is 127. The lowest BCUT2D eigenvalue weighted by Gasteiger charge is -2.15. The van der Waals surface area contributed by atoms with E-state index in [2.05, 4.69) is 43.4 Å². The number of nitrogens with zero attached hydrogens (tertiary/aromatic N) is 2. The molecule has 0 aliphatic rings. The van der Waals surface area contributed by atoms with Gasteiger partial charge in [-0.15, -0.1) is 10.2 Å². The number of carbonyl (C=O) groups is 1. The van der Waals surface area contributed by atoms with Crippen LogP contribution in [0.1, 0.15) is 13.8 Å². The minimum Gasteiger partial charge on any atom is -0.379 e. The van der Waals surface area contributed by atoms with Gasteiger partial charge in [0.15, 0.2) is 5.82 Å². The minimum atomic E-state index is 0.238. The van der Waals surface area contributed by atoms with E-state index < -0.39 is 0 Å². The lowest BCUT2D eigenvalue weighted by atomic mass is 10.2. The van der Waals surface area contributed by atoms with Gasteiger partial charge in [0.1, 0.15) is 0 Å². The highest BCUT2D eigenvalue weighted by Crippen LogP contribution is 2.29. The molecule has 18 heavy (non-hydrogen) atoms. The van der Waals surface area contributed by atoms with E-state index >= 15 is 0 Å². The number of rotatable bonds is 4. The Morgan fingerprint density at radius 1 is 1.33 bits per heavy atom. The third-order valence-corrected chi connectivity index (χ3v) is 3.02. The maximum Gasteiger partial charge on any atom is 0.212 e. The second kappa shape index (κ2) is 5.47. The van der Waals surface area contributed by atoms with Crippen LogP contribution >= 0.6 is 22.6 Å². The van der Waals surface area contributed by atoms with Gasteiger partial charge in [-0.05, 0) is 54.6 Å². The Morgan fingerprint density at radius 2 is 2.11 bits per heavy atom. The lowest BCUT2D eigenvalue weighted by Crippen LogP contribution is -2.13. The quantitative estimate of drug-likeness (QED) is 0.653. The van der Waals surface area contributed by atoms with Gasteiger partial charge >= 0.3 is 0 Å². The molecule has 0 spiro atoms. The van der Waals surface area contributed by atoms with Gasteiger partial charge in [0.25, 0.3) is 0 Å². The zero-order valence-corrected chi connectivity index (χ0v) is 12.2. The van der Waals surface area contributed by atoms with Crippen LogP contribution in [0.5, 0.6) is 0 Å². The molecule has 5 nitrogen and oxygen atoms in total. The van der Waals surface area contributed by atoms with Crippen LogP contribution in [-0.4, -0.2) is 22.6 Å². The van der Waals surface area contributed by atoms with Crippen molar-refractivity contribution in [3.63, 3.8) is 0 Å². The first-order valence-electron chi connectivity index (χ1n) is 5.54. The molecule has 1 aromatic heterocycles. The zero-order chi connectivity index (χ0) is 13.1. The number of fused-ring (bicyclic) bond motifs is 1. The average molecular weight is 356 g/mol. The fraction of sp³-hybridized carbons (Fsp3) is 0.250. The smallest absolute Gasteiger partial charge is 0.212 e. The Balaban J connectivity index is 2.66. The first kappa shape index (κ1) is 13.0. The van der Waals surface area contributed by atoms with Crippen molar-refractivity contribution in [1.82, 2.24) is 10.2 Å². The number of anilines is 2. The van der Waals surface area contributed by atoms with Gasteiger partial charge in [0.2, 0.25) is 6.41 Å². The van der Waals surface area contributed by atoms with Crippen LogP contribution in [0.15, 0.2) is 18.2 Å². The van der Waals surface area contributed by atoms with Crippen molar-refractivity contribution in [3.05, 3.63) is 21.8 Å². The van der Waals surface area contributed by atoms with E-state index in [4.69, 9.17) is 0 Å². The average Bonchev–Trinajstić information content (AvgIpc) is 2.32. The molecule has 1 amide bonds. The standard InChI is InChI=1S/C12H13IN4O/c1-7(2)15-11-9-5-8(13)3-4-10(9)16-17-12(11)14-6-18/h3-7H,1-2H3,(H,15,16)(H,14,17,18). The number of hydrogen-bond acceptors (Lipinski definition) is 4. The third-order valence-electron chi connectivity index (χ3n) is 2.35. The summed E-state index contributed by atoms with van der Waals surface area (Å²) in [5, 5.41) is 14.9. The van der Waals surface area contributed by atoms with Crippen LogP contribution in [0.25, 0.3) is 10.9 Å². The molecular formula is C12H13IN4O. The largest absolute Gasteiger partial charge is 0.379 e. The summed E-state index contributed by atoms with van der Waals surface area (Å²) in [5.41, 5.74) is 1.61. The summed E-state index contributed by atoms with van der Waals surface area (Å²) in [6, 6.07) is 6.15. The van der Waals surface area contributed by atoms with Crippen LogP contribution in [-0.2, 0) is 4.79 Å². The third kappa shape index (κ3) is 2.69. The van der Waals surface area contributed by atoms with E-state index in [9.17, 15) is 4.79 Å². The van der Waals surface area contributed by atoms with Gasteiger partial charge in [-0.25, -0.2) is 0 Å². The maximum absolute atomic E-state index is 10.6. The van der Waals surface area contributed by atoms with E-state index in [1.165, 1.54) is 0 Å². The molecule has 0 aliphatic carbocycles. The number of carbonyl (C=O) groups excluding carboxylic acids is 1. The summed E-state index contributed by atoms with van der Waals surface area (Å²) in [6.45, 7) is 4.07. The van der Waals surface area contributed by atoms with Gasteiger partial charge in [-0.1, -0.05) is 0 Å². The Labute approximate surface area is 119 Å². The van der Waals surface area contributed by atoms with Crippen molar-refractivity contribution >= 4 is 51.4 Å². The highest BCUT2D eigenvalue weighted by Gasteiger charge is 2.11. The fourth-order valence-electron chi connectivity index (χ4n) is 1.67. The molecular weight excluding hydrogens is 343 g/mol. The lowest BCUT2D eigenvalue weighted by molar-refractivity contribution is -0.105. The Bertz CT molecular complexity index is 586. The Kier molecular flexibility index (Phi) is 3.95. The molecule has 0 bridgehead atoms. The Morgan fingerprint density at radius 3 is 2.78 bits per heavy atom. The fourth-order valence-corrected chi connectivity index (χ4v) is 2.16. The van der Waals surface area contributed by atoms with Gasteiger partial charge in [-0.3, -0.25) is 4.79 Å². The van der Waals surface area contributed by atoms with Crippen molar-refractivity contribution in [2.45, 2.75) is 19.9 Å².